The molecule has 2 unspecified atom stereocenters. The first-order valence-corrected chi connectivity index (χ1v) is 10.5. The first-order valence-electron chi connectivity index (χ1n) is 10.5. The summed E-state index contributed by atoms with van der Waals surface area (Å²) in [5.74, 6) is 0.799. The van der Waals surface area contributed by atoms with Gasteiger partial charge in [0.1, 0.15) is 0 Å². The van der Waals surface area contributed by atoms with Gasteiger partial charge in [-0.1, -0.05) is 12.8 Å². The summed E-state index contributed by atoms with van der Waals surface area (Å²) in [6.45, 7) is 6.40. The van der Waals surface area contributed by atoms with Crippen LogP contribution in [0.2, 0.25) is 0 Å². The molecule has 3 fully saturated rings. The number of rotatable bonds is 6. The summed E-state index contributed by atoms with van der Waals surface area (Å²) in [5.41, 5.74) is 0. The molecule has 140 valence electrons. The van der Waals surface area contributed by atoms with Gasteiger partial charge in [-0.2, -0.15) is 0 Å². The van der Waals surface area contributed by atoms with Crippen molar-refractivity contribution in [2.75, 3.05) is 26.3 Å². The van der Waals surface area contributed by atoms with Crippen LogP contribution in [0.3, 0.4) is 0 Å². The van der Waals surface area contributed by atoms with Crippen molar-refractivity contribution in [3.05, 3.63) is 0 Å². The summed E-state index contributed by atoms with van der Waals surface area (Å²) in [4.78, 5) is 2.74. The molecule has 0 bridgehead atoms. The minimum absolute atomic E-state index is 0.114. The van der Waals surface area contributed by atoms with E-state index in [9.17, 15) is 5.11 Å². The Kier molecular flexibility index (Phi) is 7.38. The number of hydrogen-bond acceptors (Lipinski definition) is 4. The Balaban J connectivity index is 1.35. The summed E-state index contributed by atoms with van der Waals surface area (Å²) in [5, 5.41) is 13.9. The number of aliphatic hydroxyl groups excluding tert-OH is 1. The van der Waals surface area contributed by atoms with E-state index >= 15 is 0 Å². The average molecular weight is 339 g/mol. The summed E-state index contributed by atoms with van der Waals surface area (Å²) in [6.07, 6.45) is 12.4. The minimum atomic E-state index is -0.114. The van der Waals surface area contributed by atoms with Crippen molar-refractivity contribution in [2.24, 2.45) is 5.92 Å². The Bertz CT molecular complexity index is 350. The van der Waals surface area contributed by atoms with Crippen LogP contribution in [0.15, 0.2) is 0 Å². The normalized spacial score (nSPS) is 36.8. The zero-order valence-electron chi connectivity index (χ0n) is 15.6. The summed E-state index contributed by atoms with van der Waals surface area (Å²) < 4.78 is 5.61. The molecule has 2 aliphatic carbocycles. The maximum atomic E-state index is 10.2. The summed E-state index contributed by atoms with van der Waals surface area (Å²) in [7, 11) is 0. The van der Waals surface area contributed by atoms with Crippen LogP contribution < -0.4 is 5.32 Å². The molecule has 4 heteroatoms. The van der Waals surface area contributed by atoms with Crippen LogP contribution in [-0.4, -0.2) is 60.5 Å². The molecule has 0 spiro atoms. The lowest BCUT2D eigenvalue weighted by Crippen LogP contribution is -2.52. The Morgan fingerprint density at radius 3 is 2.33 bits per heavy atom. The standard InChI is InChI=1S/C20H38N2O2/c1-2-24-15-16-7-9-18(10-8-16)22-13-11-17(12-14-22)21-19-5-3-4-6-20(19)23/h16-21,23H,2-15H2,1H3. The molecule has 0 amide bonds. The third kappa shape index (κ3) is 5.17. The van der Waals surface area contributed by atoms with E-state index in [-0.39, 0.29) is 6.10 Å². The number of nitrogens with zero attached hydrogens (tertiary/aromatic N) is 1. The van der Waals surface area contributed by atoms with Gasteiger partial charge in [-0.25, -0.2) is 0 Å². The lowest BCUT2D eigenvalue weighted by molar-refractivity contribution is 0.0510. The number of nitrogens with one attached hydrogen (secondary N) is 1. The van der Waals surface area contributed by atoms with Crippen molar-refractivity contribution in [1.82, 2.24) is 10.2 Å². The molecule has 2 atom stereocenters. The maximum absolute atomic E-state index is 10.2. The van der Waals surface area contributed by atoms with Gasteiger partial charge in [0.15, 0.2) is 0 Å². The third-order valence-corrected chi connectivity index (χ3v) is 6.60. The molecule has 4 nitrogen and oxygen atoms in total. The second-order valence-corrected chi connectivity index (χ2v) is 8.27. The Hall–Kier alpha value is -0.160. The van der Waals surface area contributed by atoms with Crippen molar-refractivity contribution in [3.63, 3.8) is 0 Å². The molecular formula is C20H38N2O2. The molecule has 0 aromatic rings. The summed E-state index contributed by atoms with van der Waals surface area (Å²) >= 11 is 0. The van der Waals surface area contributed by atoms with Crippen LogP contribution in [-0.2, 0) is 4.74 Å². The highest BCUT2D eigenvalue weighted by atomic mass is 16.5. The topological polar surface area (TPSA) is 44.7 Å². The van der Waals surface area contributed by atoms with Crippen LogP contribution in [0.5, 0.6) is 0 Å². The van der Waals surface area contributed by atoms with Gasteiger partial charge < -0.3 is 20.1 Å². The predicted octanol–water partition coefficient (Wildman–Crippen LogP) is 2.94. The molecule has 24 heavy (non-hydrogen) atoms. The van der Waals surface area contributed by atoms with E-state index in [1.54, 1.807) is 0 Å². The summed E-state index contributed by atoms with van der Waals surface area (Å²) in [6, 6.07) is 1.78. The van der Waals surface area contributed by atoms with E-state index in [2.05, 4.69) is 17.1 Å². The molecule has 0 aromatic heterocycles. The van der Waals surface area contributed by atoms with Crippen LogP contribution in [0, 0.1) is 5.92 Å². The van der Waals surface area contributed by atoms with Crippen LogP contribution >= 0.6 is 0 Å². The van der Waals surface area contributed by atoms with Gasteiger partial charge in [0, 0.05) is 31.3 Å². The van der Waals surface area contributed by atoms with Crippen LogP contribution in [0.25, 0.3) is 0 Å². The molecule has 0 aromatic carbocycles. The first-order chi connectivity index (χ1) is 11.8. The molecule has 1 saturated heterocycles. The monoisotopic (exact) mass is 338 g/mol. The Morgan fingerprint density at radius 2 is 1.67 bits per heavy atom. The predicted molar refractivity (Wildman–Crippen MR) is 98.2 cm³/mol. The second-order valence-electron chi connectivity index (χ2n) is 8.27. The average Bonchev–Trinajstić information content (AvgIpc) is 2.63. The van der Waals surface area contributed by atoms with E-state index in [1.807, 2.05) is 0 Å². The highest BCUT2D eigenvalue weighted by Crippen LogP contribution is 2.30. The van der Waals surface area contributed by atoms with Crippen molar-refractivity contribution >= 4 is 0 Å². The van der Waals surface area contributed by atoms with Crippen molar-refractivity contribution in [1.29, 1.82) is 0 Å². The Labute approximate surface area is 148 Å². The van der Waals surface area contributed by atoms with Crippen molar-refractivity contribution in [2.45, 2.75) is 95.4 Å². The van der Waals surface area contributed by atoms with E-state index in [0.29, 0.717) is 12.1 Å². The maximum Gasteiger partial charge on any atom is 0.0693 e. The molecule has 1 heterocycles. The number of hydrogen-bond donors (Lipinski definition) is 2. The highest BCUT2D eigenvalue weighted by molar-refractivity contribution is 4.88. The molecule has 3 aliphatic rings. The number of ether oxygens (including phenoxy) is 1. The fourth-order valence-corrected chi connectivity index (χ4v) is 5.00. The lowest BCUT2D eigenvalue weighted by atomic mass is 9.84. The lowest BCUT2D eigenvalue weighted by Gasteiger charge is -2.42. The molecule has 1 aliphatic heterocycles. The molecule has 2 saturated carbocycles. The number of likely N-dealkylation sites (tertiary alicyclic amines) is 1. The molecular weight excluding hydrogens is 300 g/mol. The van der Waals surface area contributed by atoms with Gasteiger partial charge in [-0.05, 0) is 77.3 Å². The molecule has 3 rings (SSSR count). The van der Waals surface area contributed by atoms with Crippen molar-refractivity contribution in [3.8, 4) is 0 Å². The molecule has 2 N–H and O–H groups in total. The largest absolute Gasteiger partial charge is 0.392 e. The van der Waals surface area contributed by atoms with Gasteiger partial charge in [0.25, 0.3) is 0 Å². The highest BCUT2D eigenvalue weighted by Gasteiger charge is 2.31. The van der Waals surface area contributed by atoms with Gasteiger partial charge in [0.05, 0.1) is 6.10 Å². The van der Waals surface area contributed by atoms with Crippen LogP contribution in [0.4, 0.5) is 0 Å². The third-order valence-electron chi connectivity index (χ3n) is 6.60. The SMILES string of the molecule is CCOCC1CCC(N2CCC(NC3CCCCC3O)CC2)CC1. The Morgan fingerprint density at radius 1 is 0.958 bits per heavy atom. The van der Waals surface area contributed by atoms with Gasteiger partial charge in [-0.3, -0.25) is 0 Å². The number of piperidine rings is 1. The first kappa shape index (κ1) is 18.6. The quantitative estimate of drug-likeness (QED) is 0.781. The van der Waals surface area contributed by atoms with E-state index < -0.39 is 0 Å². The zero-order valence-corrected chi connectivity index (χ0v) is 15.6. The fraction of sp³-hybridized carbons (Fsp3) is 1.00. The molecule has 0 radical (unpaired) electrons. The van der Waals surface area contributed by atoms with Gasteiger partial charge in [-0.15, -0.1) is 0 Å². The van der Waals surface area contributed by atoms with Crippen LogP contribution in [0.1, 0.15) is 71.1 Å². The van der Waals surface area contributed by atoms with Gasteiger partial charge >= 0.3 is 0 Å². The minimum Gasteiger partial charge on any atom is -0.392 e. The second kappa shape index (κ2) is 9.51. The van der Waals surface area contributed by atoms with Gasteiger partial charge in [0.2, 0.25) is 0 Å². The van der Waals surface area contributed by atoms with Crippen molar-refractivity contribution < 1.29 is 9.84 Å². The smallest absolute Gasteiger partial charge is 0.0693 e. The van der Waals surface area contributed by atoms with E-state index in [1.165, 1.54) is 64.5 Å². The zero-order chi connectivity index (χ0) is 16.8. The number of aliphatic hydroxyl groups is 1. The van der Waals surface area contributed by atoms with E-state index in [0.717, 1.165) is 38.0 Å². The fourth-order valence-electron chi connectivity index (χ4n) is 5.00. The van der Waals surface area contributed by atoms with E-state index in [4.69, 9.17) is 4.74 Å².